The molecule has 3 aliphatic heterocycles. The molecule has 7 rings (SSSR count). The molecule has 6 amide bonds. The Morgan fingerprint density at radius 1 is 0.869 bits per heavy atom. The fourth-order valence-corrected chi connectivity index (χ4v) is 8.59. The number of benzene rings is 3. The quantitative estimate of drug-likeness (QED) is 0.179. The van der Waals surface area contributed by atoms with Gasteiger partial charge in [-0.1, -0.05) is 81.1 Å². The summed E-state index contributed by atoms with van der Waals surface area (Å²) in [7, 11) is 3.15. The van der Waals surface area contributed by atoms with E-state index in [9.17, 15) is 33.9 Å². The lowest BCUT2D eigenvalue weighted by atomic mass is 9.82. The Morgan fingerprint density at radius 2 is 1.57 bits per heavy atom. The van der Waals surface area contributed by atoms with Gasteiger partial charge in [0.15, 0.2) is 6.10 Å². The number of carbonyl (C=O) groups excluding carboxylic acids is 6. The smallest absolute Gasteiger partial charge is 0.251 e. The van der Waals surface area contributed by atoms with E-state index < -0.39 is 54.5 Å². The summed E-state index contributed by atoms with van der Waals surface area (Å²) in [4.78, 5) is 85.2. The van der Waals surface area contributed by atoms with Gasteiger partial charge in [-0.15, -0.1) is 0 Å². The number of nitrogens with zero attached hydrogens (tertiary/aromatic N) is 2. The van der Waals surface area contributed by atoms with Crippen molar-refractivity contribution in [2.45, 2.75) is 121 Å². The summed E-state index contributed by atoms with van der Waals surface area (Å²) in [5.74, 6) is -1.81. The molecule has 3 aromatic carbocycles. The summed E-state index contributed by atoms with van der Waals surface area (Å²) in [6.07, 6.45) is 6.18. The van der Waals surface area contributed by atoms with Crippen LogP contribution in [0.1, 0.15) is 99.4 Å². The van der Waals surface area contributed by atoms with E-state index in [0.717, 1.165) is 61.6 Å². The van der Waals surface area contributed by atoms with Crippen LogP contribution in [0.15, 0.2) is 72.8 Å². The second kappa shape index (κ2) is 21.2. The number of fused-ring (bicyclic) bond motifs is 9. The first kappa shape index (κ1) is 44.8. The van der Waals surface area contributed by atoms with E-state index in [1.165, 1.54) is 9.80 Å². The van der Waals surface area contributed by atoms with Gasteiger partial charge in [0, 0.05) is 33.5 Å². The molecule has 1 aliphatic carbocycles. The van der Waals surface area contributed by atoms with E-state index in [0.29, 0.717) is 29.9 Å². The van der Waals surface area contributed by atoms with Gasteiger partial charge in [-0.05, 0) is 91.0 Å². The molecule has 5 bridgehead atoms. The number of ether oxygens (including phenoxy) is 1. The summed E-state index contributed by atoms with van der Waals surface area (Å²) in [5, 5.41) is 22.5. The maximum Gasteiger partial charge on any atom is 0.251 e. The number of amides is 6. The summed E-state index contributed by atoms with van der Waals surface area (Å²) in [5.41, 5.74) is 3.37. The lowest BCUT2D eigenvalue weighted by Gasteiger charge is -2.41. The van der Waals surface area contributed by atoms with Crippen molar-refractivity contribution in [2.24, 2.45) is 5.92 Å². The third kappa shape index (κ3) is 11.7. The molecule has 0 saturated heterocycles. The van der Waals surface area contributed by atoms with Crippen LogP contribution in [0.3, 0.4) is 0 Å². The molecule has 3 heterocycles. The van der Waals surface area contributed by atoms with Crippen molar-refractivity contribution in [1.82, 2.24) is 31.1 Å². The van der Waals surface area contributed by atoms with Gasteiger partial charge < -0.3 is 40.9 Å². The molecular formula is C47H60N6O8. The van der Waals surface area contributed by atoms with Crippen molar-refractivity contribution >= 4 is 35.4 Å². The number of aliphatic hydroxyl groups excluding tert-OH is 1. The van der Waals surface area contributed by atoms with E-state index in [4.69, 9.17) is 4.74 Å². The molecule has 14 nitrogen and oxygen atoms in total. The average Bonchev–Trinajstić information content (AvgIpc) is 3.27. The summed E-state index contributed by atoms with van der Waals surface area (Å²) in [6.45, 7) is 1.40. The number of nitrogens with one attached hydrogen (secondary N) is 4. The Kier molecular flexibility index (Phi) is 15.5. The summed E-state index contributed by atoms with van der Waals surface area (Å²) >= 11 is 0. The number of hydrogen-bond acceptors (Lipinski definition) is 8. The van der Waals surface area contributed by atoms with Crippen molar-refractivity contribution in [2.75, 3.05) is 20.6 Å². The summed E-state index contributed by atoms with van der Waals surface area (Å²) in [6, 6.07) is 18.4. The van der Waals surface area contributed by atoms with E-state index in [1.54, 1.807) is 44.4 Å². The number of aryl methyl sites for hydroxylation is 1. The Labute approximate surface area is 358 Å². The molecule has 5 atom stereocenters. The Hall–Kier alpha value is -5.76. The minimum atomic E-state index is -1.74. The van der Waals surface area contributed by atoms with Crippen LogP contribution in [0.5, 0.6) is 11.5 Å². The lowest BCUT2D eigenvalue weighted by molar-refractivity contribution is -0.147. The normalized spacial score (nSPS) is 19.9. The predicted octanol–water partition coefficient (Wildman–Crippen LogP) is 4.23. The molecule has 5 N–H and O–H groups in total. The fraction of sp³-hybridized carbons (Fsp3) is 0.489. The highest BCUT2D eigenvalue weighted by molar-refractivity contribution is 5.94. The fourth-order valence-electron chi connectivity index (χ4n) is 8.59. The van der Waals surface area contributed by atoms with Crippen LogP contribution < -0.4 is 26.0 Å². The first-order chi connectivity index (χ1) is 29.4. The molecule has 3 aromatic rings. The highest BCUT2D eigenvalue weighted by atomic mass is 16.5. The molecule has 4 aliphatic rings. The largest absolute Gasteiger partial charge is 0.457 e. The van der Waals surface area contributed by atoms with Crippen molar-refractivity contribution in [1.29, 1.82) is 0 Å². The monoisotopic (exact) mass is 836 g/mol. The molecule has 0 aromatic heterocycles. The highest BCUT2D eigenvalue weighted by Gasteiger charge is 2.42. The predicted molar refractivity (Wildman–Crippen MR) is 229 cm³/mol. The molecular weight excluding hydrogens is 777 g/mol. The van der Waals surface area contributed by atoms with Gasteiger partial charge in [-0.3, -0.25) is 28.8 Å². The number of hydrogen-bond donors (Lipinski definition) is 5. The van der Waals surface area contributed by atoms with Gasteiger partial charge in [0.25, 0.3) is 5.91 Å². The van der Waals surface area contributed by atoms with E-state index in [1.807, 2.05) is 49.4 Å². The minimum absolute atomic E-state index is 0.0817. The maximum absolute atomic E-state index is 14.9. The molecule has 1 saturated carbocycles. The van der Waals surface area contributed by atoms with Gasteiger partial charge in [0.05, 0.1) is 12.6 Å². The number of carbonyl (C=O) groups is 6. The zero-order chi connectivity index (χ0) is 43.5. The molecule has 0 spiro atoms. The van der Waals surface area contributed by atoms with Crippen LogP contribution in [0.4, 0.5) is 0 Å². The van der Waals surface area contributed by atoms with Gasteiger partial charge in [0.1, 0.15) is 29.6 Å². The van der Waals surface area contributed by atoms with Crippen LogP contribution >= 0.6 is 0 Å². The first-order valence-corrected chi connectivity index (χ1v) is 21.7. The van der Waals surface area contributed by atoms with Gasteiger partial charge in [0.2, 0.25) is 29.5 Å². The van der Waals surface area contributed by atoms with Gasteiger partial charge in [-0.2, -0.15) is 0 Å². The number of likely N-dealkylation sites (N-methyl/N-ethyl adjacent to an activating group) is 1. The number of rotatable bonds is 12. The third-order valence-corrected chi connectivity index (χ3v) is 12.0. The van der Waals surface area contributed by atoms with Crippen LogP contribution in [0.25, 0.3) is 0 Å². The topological polar surface area (TPSA) is 186 Å². The second-order valence-corrected chi connectivity index (χ2v) is 16.7. The van der Waals surface area contributed by atoms with E-state index in [2.05, 4.69) is 21.3 Å². The Morgan fingerprint density at radius 3 is 2.28 bits per heavy atom. The summed E-state index contributed by atoms with van der Waals surface area (Å²) < 4.78 is 6.24. The molecule has 4 unspecified atom stereocenters. The van der Waals surface area contributed by atoms with Crippen LogP contribution in [0.2, 0.25) is 0 Å². The van der Waals surface area contributed by atoms with Gasteiger partial charge in [-0.25, -0.2) is 0 Å². The van der Waals surface area contributed by atoms with E-state index >= 15 is 0 Å². The lowest BCUT2D eigenvalue weighted by Crippen LogP contribution is -2.61. The number of aliphatic hydroxyl groups is 1. The molecule has 0 radical (unpaired) electrons. The van der Waals surface area contributed by atoms with Crippen molar-refractivity contribution in [3.05, 3.63) is 95.1 Å². The zero-order valence-corrected chi connectivity index (χ0v) is 35.5. The maximum atomic E-state index is 14.9. The molecule has 1 fully saturated rings. The SMILES string of the molecule is CCCC(NC(=O)C1Cc2ccc3cc2CN1C(=O)[C@H](C1CCCCC1)NC(=O)CCCCc1ccc(cc1)O3)C(O)C(=O)NCC(=O)NC(C(=O)N(C)C)c1ccccc1. The average molecular weight is 837 g/mol. The van der Waals surface area contributed by atoms with Crippen molar-refractivity contribution in [3.63, 3.8) is 0 Å². The highest BCUT2D eigenvalue weighted by Crippen LogP contribution is 2.33. The second-order valence-electron chi connectivity index (χ2n) is 16.7. The van der Waals surface area contributed by atoms with Crippen molar-refractivity contribution in [3.8, 4) is 11.5 Å². The van der Waals surface area contributed by atoms with Gasteiger partial charge >= 0.3 is 0 Å². The van der Waals surface area contributed by atoms with Crippen LogP contribution in [0, 0.1) is 5.92 Å². The third-order valence-electron chi connectivity index (χ3n) is 12.0. The minimum Gasteiger partial charge on any atom is -0.457 e. The van der Waals surface area contributed by atoms with E-state index in [-0.39, 0.29) is 49.4 Å². The zero-order valence-electron chi connectivity index (χ0n) is 35.5. The first-order valence-electron chi connectivity index (χ1n) is 21.7. The van der Waals surface area contributed by atoms with Crippen LogP contribution in [-0.2, 0) is 48.2 Å². The standard InChI is InChI=1S/C47H60N6O8/c1-4-13-37(43(56)45(58)48-28-40(55)51-41(46(59)52(2)3)31-15-7-5-8-16-31)49-44(57)38-27-33-22-25-36-26-34(33)29-53(38)47(60)42(32-17-9-6-10-18-32)50-39(54)19-12-11-14-30-20-23-35(61-36)24-21-30/h5,7-8,15-16,20-26,32,37-38,41-43,56H,4,6,9-14,17-19,27-29H2,1-3H3,(H,48,58)(H,49,57)(H,50,54)(H,51,55)/t37?,38?,41?,42-,43?/m0/s1. The Balaban J connectivity index is 1.21. The van der Waals surface area contributed by atoms with Crippen LogP contribution in [-0.4, -0.2) is 95.2 Å². The molecule has 326 valence electrons. The molecule has 61 heavy (non-hydrogen) atoms. The molecule has 14 heteroatoms. The Bertz CT molecular complexity index is 2020. The van der Waals surface area contributed by atoms with Crippen molar-refractivity contribution < 1.29 is 38.6 Å².